The molecule has 3 aromatic rings. The molecule has 0 bridgehead atoms. The van der Waals surface area contributed by atoms with Crippen LogP contribution in [0.5, 0.6) is 0 Å². The Morgan fingerprint density at radius 2 is 1.91 bits per heavy atom. The van der Waals surface area contributed by atoms with Crippen LogP contribution in [-0.2, 0) is 19.4 Å². The first kappa shape index (κ1) is 13.2. The molecule has 0 saturated heterocycles. The second kappa shape index (κ2) is 5.36. The zero-order valence-electron chi connectivity index (χ0n) is 12.5. The summed E-state index contributed by atoms with van der Waals surface area (Å²) in [5.74, 6) is 1.27. The third-order valence-corrected chi connectivity index (χ3v) is 4.34. The van der Waals surface area contributed by atoms with Crippen LogP contribution in [0.25, 0.3) is 0 Å². The number of benzene rings is 1. The molecule has 1 aliphatic carbocycles. The van der Waals surface area contributed by atoms with Gasteiger partial charge in [0.05, 0.1) is 12.6 Å². The quantitative estimate of drug-likeness (QED) is 0.738. The molecular weight excluding hydrogens is 276 g/mol. The second-order valence-corrected chi connectivity index (χ2v) is 5.91. The Labute approximate surface area is 128 Å². The molecule has 1 atom stereocenters. The van der Waals surface area contributed by atoms with Gasteiger partial charge in [-0.2, -0.15) is 10.2 Å². The maximum absolute atomic E-state index is 4.49. The van der Waals surface area contributed by atoms with Crippen LogP contribution in [0.4, 0.5) is 0 Å². The van der Waals surface area contributed by atoms with Crippen molar-refractivity contribution in [2.45, 2.75) is 38.3 Å². The first-order chi connectivity index (χ1) is 10.8. The standard InChI is InChI=1S/C16H18N6/c1-12(8-21-11-17-9-19-21)16-18-10-20-22(16)15-6-13-4-2-3-5-14(13)7-15/h2-5,9-12,15H,6-8H2,1H3. The highest BCUT2D eigenvalue weighted by molar-refractivity contribution is 5.32. The van der Waals surface area contributed by atoms with E-state index in [1.165, 1.54) is 11.1 Å². The lowest BCUT2D eigenvalue weighted by molar-refractivity contribution is 0.421. The van der Waals surface area contributed by atoms with Gasteiger partial charge in [-0.1, -0.05) is 31.2 Å². The van der Waals surface area contributed by atoms with Crippen molar-refractivity contribution in [3.63, 3.8) is 0 Å². The fraction of sp³-hybridized carbons (Fsp3) is 0.375. The predicted molar refractivity (Wildman–Crippen MR) is 81.3 cm³/mol. The lowest BCUT2D eigenvalue weighted by atomic mass is 10.1. The molecule has 1 aromatic carbocycles. The molecule has 6 nitrogen and oxygen atoms in total. The van der Waals surface area contributed by atoms with E-state index >= 15 is 0 Å². The van der Waals surface area contributed by atoms with E-state index in [1.54, 1.807) is 19.0 Å². The first-order valence-corrected chi connectivity index (χ1v) is 7.60. The van der Waals surface area contributed by atoms with Gasteiger partial charge < -0.3 is 0 Å². The SMILES string of the molecule is CC(Cn1cncn1)c1ncnn1C1Cc2ccccc2C1. The normalized spacial score (nSPS) is 15.9. The van der Waals surface area contributed by atoms with Gasteiger partial charge in [-0.15, -0.1) is 0 Å². The van der Waals surface area contributed by atoms with Crippen molar-refractivity contribution in [2.75, 3.05) is 0 Å². The van der Waals surface area contributed by atoms with Crippen molar-refractivity contribution in [1.29, 1.82) is 0 Å². The highest BCUT2D eigenvalue weighted by Crippen LogP contribution is 2.31. The molecule has 1 unspecified atom stereocenters. The number of hydrogen-bond donors (Lipinski definition) is 0. The van der Waals surface area contributed by atoms with E-state index in [-0.39, 0.29) is 5.92 Å². The van der Waals surface area contributed by atoms with Crippen molar-refractivity contribution < 1.29 is 0 Å². The van der Waals surface area contributed by atoms with E-state index in [2.05, 4.69) is 56.0 Å². The van der Waals surface area contributed by atoms with Gasteiger partial charge in [-0.3, -0.25) is 4.68 Å². The molecule has 0 spiro atoms. The van der Waals surface area contributed by atoms with Crippen LogP contribution in [0.1, 0.15) is 35.8 Å². The van der Waals surface area contributed by atoms with Gasteiger partial charge in [-0.05, 0) is 24.0 Å². The van der Waals surface area contributed by atoms with Crippen LogP contribution in [0, 0.1) is 0 Å². The van der Waals surface area contributed by atoms with Crippen LogP contribution >= 0.6 is 0 Å². The van der Waals surface area contributed by atoms with Gasteiger partial charge in [0.25, 0.3) is 0 Å². The molecule has 2 heterocycles. The van der Waals surface area contributed by atoms with Gasteiger partial charge in [0.2, 0.25) is 0 Å². The molecule has 0 N–H and O–H groups in total. The molecule has 0 aliphatic heterocycles. The van der Waals surface area contributed by atoms with Crippen LogP contribution in [0.3, 0.4) is 0 Å². The molecule has 1 aliphatic rings. The minimum atomic E-state index is 0.243. The van der Waals surface area contributed by atoms with Crippen molar-refractivity contribution in [3.8, 4) is 0 Å². The van der Waals surface area contributed by atoms with E-state index in [4.69, 9.17) is 0 Å². The van der Waals surface area contributed by atoms with Crippen LogP contribution < -0.4 is 0 Å². The zero-order valence-corrected chi connectivity index (χ0v) is 12.5. The minimum Gasteiger partial charge on any atom is -0.252 e. The van der Waals surface area contributed by atoms with Crippen LogP contribution in [0.2, 0.25) is 0 Å². The van der Waals surface area contributed by atoms with Gasteiger partial charge in [0.1, 0.15) is 24.8 Å². The fourth-order valence-electron chi connectivity index (χ4n) is 3.29. The van der Waals surface area contributed by atoms with Crippen molar-refractivity contribution in [2.24, 2.45) is 0 Å². The largest absolute Gasteiger partial charge is 0.252 e. The van der Waals surface area contributed by atoms with Crippen molar-refractivity contribution in [1.82, 2.24) is 29.5 Å². The Morgan fingerprint density at radius 1 is 1.14 bits per heavy atom. The smallest absolute Gasteiger partial charge is 0.138 e. The Balaban J connectivity index is 1.56. The van der Waals surface area contributed by atoms with E-state index < -0.39 is 0 Å². The average Bonchev–Trinajstić information content (AvgIpc) is 3.26. The molecule has 0 saturated carbocycles. The molecular formula is C16H18N6. The summed E-state index contributed by atoms with van der Waals surface area (Å²) in [5, 5.41) is 8.67. The molecule has 6 heteroatoms. The van der Waals surface area contributed by atoms with E-state index in [0.29, 0.717) is 6.04 Å². The summed E-state index contributed by atoms with van der Waals surface area (Å²) >= 11 is 0. The highest BCUT2D eigenvalue weighted by Gasteiger charge is 2.26. The lowest BCUT2D eigenvalue weighted by Crippen LogP contribution is -2.18. The molecule has 22 heavy (non-hydrogen) atoms. The Bertz CT molecular complexity index is 736. The van der Waals surface area contributed by atoms with E-state index in [9.17, 15) is 0 Å². The summed E-state index contributed by atoms with van der Waals surface area (Å²) in [6, 6.07) is 9.01. The third-order valence-electron chi connectivity index (χ3n) is 4.34. The summed E-state index contributed by atoms with van der Waals surface area (Å²) in [6.45, 7) is 2.92. The minimum absolute atomic E-state index is 0.243. The predicted octanol–water partition coefficient (Wildman–Crippen LogP) is 2.01. The molecule has 4 rings (SSSR count). The molecule has 2 aromatic heterocycles. The van der Waals surface area contributed by atoms with E-state index in [1.807, 2.05) is 4.68 Å². The summed E-state index contributed by atoms with van der Waals surface area (Å²) in [5.41, 5.74) is 2.86. The third kappa shape index (κ3) is 2.30. The summed E-state index contributed by atoms with van der Waals surface area (Å²) in [4.78, 5) is 8.49. The number of nitrogens with zero attached hydrogens (tertiary/aromatic N) is 6. The fourth-order valence-corrected chi connectivity index (χ4v) is 3.29. The topological polar surface area (TPSA) is 61.4 Å². The van der Waals surface area contributed by atoms with Gasteiger partial charge >= 0.3 is 0 Å². The van der Waals surface area contributed by atoms with Gasteiger partial charge in [0.15, 0.2) is 0 Å². The van der Waals surface area contributed by atoms with Crippen LogP contribution in [-0.4, -0.2) is 29.5 Å². The molecule has 0 amide bonds. The van der Waals surface area contributed by atoms with Crippen LogP contribution in [0.15, 0.2) is 43.2 Å². The van der Waals surface area contributed by atoms with E-state index in [0.717, 1.165) is 25.2 Å². The monoisotopic (exact) mass is 294 g/mol. The summed E-state index contributed by atoms with van der Waals surface area (Å²) in [7, 11) is 0. The molecule has 112 valence electrons. The highest BCUT2D eigenvalue weighted by atomic mass is 15.4. The molecule has 0 radical (unpaired) electrons. The second-order valence-electron chi connectivity index (χ2n) is 5.91. The lowest BCUT2D eigenvalue weighted by Gasteiger charge is -2.17. The maximum Gasteiger partial charge on any atom is 0.138 e. The number of aromatic nitrogens is 6. The number of rotatable bonds is 4. The zero-order chi connectivity index (χ0) is 14.9. The Morgan fingerprint density at radius 3 is 2.59 bits per heavy atom. The Kier molecular flexibility index (Phi) is 3.21. The van der Waals surface area contributed by atoms with Crippen molar-refractivity contribution in [3.05, 3.63) is 60.2 Å². The summed E-state index contributed by atoms with van der Waals surface area (Å²) < 4.78 is 3.94. The Hall–Kier alpha value is -2.50. The summed E-state index contributed by atoms with van der Waals surface area (Å²) in [6.07, 6.45) is 7.02. The maximum atomic E-state index is 4.49. The van der Waals surface area contributed by atoms with Gasteiger partial charge in [-0.25, -0.2) is 14.6 Å². The van der Waals surface area contributed by atoms with Crippen molar-refractivity contribution >= 4 is 0 Å². The first-order valence-electron chi connectivity index (χ1n) is 7.60. The number of hydrogen-bond acceptors (Lipinski definition) is 4. The average molecular weight is 294 g/mol. The van der Waals surface area contributed by atoms with Gasteiger partial charge in [0, 0.05) is 5.92 Å². The molecule has 0 fully saturated rings. The number of fused-ring (bicyclic) bond motifs is 1.